The molecule has 1 heterocycles. The van der Waals surface area contributed by atoms with Gasteiger partial charge in [0.2, 0.25) is 0 Å². The summed E-state index contributed by atoms with van der Waals surface area (Å²) in [6.07, 6.45) is -0.741. The van der Waals surface area contributed by atoms with Crippen LogP contribution in [0.4, 0.5) is 0 Å². The van der Waals surface area contributed by atoms with Crippen LogP contribution in [0.1, 0.15) is 0 Å². The number of rotatable bonds is 1. The fraction of sp³-hybridized carbons (Fsp3) is 0.750. The van der Waals surface area contributed by atoms with E-state index in [0.29, 0.717) is 0 Å². The number of aliphatic carboxylic acids is 1. The molecular formula is C4H7NaO4. The molecule has 0 aliphatic carbocycles. The molecular weight excluding hydrogens is 135 g/mol. The van der Waals surface area contributed by atoms with Crippen molar-refractivity contribution >= 4 is 35.5 Å². The van der Waals surface area contributed by atoms with Crippen LogP contribution >= 0.6 is 0 Å². The van der Waals surface area contributed by atoms with E-state index in [-0.39, 0.29) is 43.0 Å². The molecule has 0 saturated carbocycles. The second-order valence-corrected chi connectivity index (χ2v) is 1.48. The first-order chi connectivity index (χ1) is 3.80. The van der Waals surface area contributed by atoms with E-state index < -0.39 is 12.1 Å². The monoisotopic (exact) mass is 142 g/mol. The zero-order chi connectivity index (χ0) is 5.98. The van der Waals surface area contributed by atoms with E-state index in [4.69, 9.17) is 5.11 Å². The van der Waals surface area contributed by atoms with E-state index in [1.807, 2.05) is 0 Å². The summed E-state index contributed by atoms with van der Waals surface area (Å²) in [5.74, 6) is -0.956. The molecule has 1 fully saturated rings. The summed E-state index contributed by atoms with van der Waals surface area (Å²) in [5.41, 5.74) is 0. The Morgan fingerprint density at radius 2 is 2.33 bits per heavy atom. The number of carboxylic acid groups (broad SMARTS) is 1. The Hall–Kier alpha value is 0.390. The third-order valence-corrected chi connectivity index (χ3v) is 0.897. The topological polar surface area (TPSA) is 55.8 Å². The molecule has 1 aliphatic rings. The van der Waals surface area contributed by atoms with Gasteiger partial charge in [-0.2, -0.15) is 0 Å². The summed E-state index contributed by atoms with van der Waals surface area (Å²) in [6, 6.07) is 0. The molecule has 0 spiro atoms. The molecule has 1 saturated heterocycles. The van der Waals surface area contributed by atoms with Crippen LogP contribution in [0.5, 0.6) is 0 Å². The standard InChI is InChI=1S/C4H6O4.Na.H/c5-4(6)3-1-7-2-8-3;;/h3H,1-2H2,(H,5,6);;. The van der Waals surface area contributed by atoms with Gasteiger partial charge in [-0.25, -0.2) is 4.79 Å². The predicted molar refractivity (Wildman–Crippen MR) is 30.5 cm³/mol. The zero-order valence-electron chi connectivity index (χ0n) is 4.16. The van der Waals surface area contributed by atoms with E-state index in [0.717, 1.165) is 0 Å². The average Bonchev–Trinajstić information content (AvgIpc) is 2.12. The van der Waals surface area contributed by atoms with E-state index in [9.17, 15) is 4.79 Å². The van der Waals surface area contributed by atoms with Crippen molar-refractivity contribution in [1.82, 2.24) is 0 Å². The minimum absolute atomic E-state index is 0. The Morgan fingerprint density at radius 3 is 2.56 bits per heavy atom. The summed E-state index contributed by atoms with van der Waals surface area (Å²) in [4.78, 5) is 10.00. The van der Waals surface area contributed by atoms with Crippen LogP contribution in [0.15, 0.2) is 0 Å². The van der Waals surface area contributed by atoms with Crippen molar-refractivity contribution in [2.75, 3.05) is 13.4 Å². The second kappa shape index (κ2) is 4.24. The molecule has 5 heteroatoms. The molecule has 0 aromatic heterocycles. The number of ether oxygens (including phenoxy) is 2. The first-order valence-corrected chi connectivity index (χ1v) is 2.23. The van der Waals surface area contributed by atoms with Crippen LogP contribution < -0.4 is 0 Å². The maximum atomic E-state index is 10.00. The van der Waals surface area contributed by atoms with Crippen LogP contribution in [-0.4, -0.2) is 60.1 Å². The van der Waals surface area contributed by atoms with Gasteiger partial charge in [-0.15, -0.1) is 0 Å². The molecule has 0 aromatic carbocycles. The Labute approximate surface area is 74.4 Å². The van der Waals surface area contributed by atoms with Crippen molar-refractivity contribution in [2.45, 2.75) is 6.10 Å². The molecule has 0 bridgehead atoms. The zero-order valence-corrected chi connectivity index (χ0v) is 4.16. The van der Waals surface area contributed by atoms with Gasteiger partial charge in [0.1, 0.15) is 6.79 Å². The normalized spacial score (nSPS) is 25.1. The SMILES string of the molecule is O=C(O)C1COCO1.[NaH]. The van der Waals surface area contributed by atoms with Gasteiger partial charge in [0.05, 0.1) is 6.61 Å². The van der Waals surface area contributed by atoms with Gasteiger partial charge < -0.3 is 14.6 Å². The average molecular weight is 142 g/mol. The van der Waals surface area contributed by atoms with Crippen LogP contribution in [0.2, 0.25) is 0 Å². The van der Waals surface area contributed by atoms with Gasteiger partial charge in [0, 0.05) is 0 Å². The maximum absolute atomic E-state index is 10.00. The third-order valence-electron chi connectivity index (χ3n) is 0.897. The summed E-state index contributed by atoms with van der Waals surface area (Å²) in [6.45, 7) is 0.284. The quantitative estimate of drug-likeness (QED) is 0.467. The first kappa shape index (κ1) is 9.39. The molecule has 1 unspecified atom stereocenters. The van der Waals surface area contributed by atoms with Crippen molar-refractivity contribution < 1.29 is 19.4 Å². The van der Waals surface area contributed by atoms with Crippen LogP contribution in [0, 0.1) is 0 Å². The molecule has 1 N–H and O–H groups in total. The summed E-state index contributed by atoms with van der Waals surface area (Å²) >= 11 is 0. The van der Waals surface area contributed by atoms with E-state index in [2.05, 4.69) is 9.47 Å². The van der Waals surface area contributed by atoms with Gasteiger partial charge in [-0.1, -0.05) is 0 Å². The molecule has 0 amide bonds. The Morgan fingerprint density at radius 1 is 1.67 bits per heavy atom. The van der Waals surface area contributed by atoms with Crippen LogP contribution in [-0.2, 0) is 14.3 Å². The number of hydrogen-bond donors (Lipinski definition) is 1. The molecule has 1 atom stereocenters. The van der Waals surface area contributed by atoms with Gasteiger partial charge >= 0.3 is 35.5 Å². The molecule has 9 heavy (non-hydrogen) atoms. The fourth-order valence-corrected chi connectivity index (χ4v) is 0.476. The molecule has 4 nitrogen and oxygen atoms in total. The molecule has 48 valence electrons. The Balaban J connectivity index is 0.000000640. The number of carboxylic acids is 1. The fourth-order valence-electron chi connectivity index (χ4n) is 0.476. The van der Waals surface area contributed by atoms with Crippen molar-refractivity contribution in [1.29, 1.82) is 0 Å². The van der Waals surface area contributed by atoms with E-state index in [1.165, 1.54) is 0 Å². The summed E-state index contributed by atoms with van der Waals surface area (Å²) < 4.78 is 9.21. The van der Waals surface area contributed by atoms with Crippen LogP contribution in [0.25, 0.3) is 0 Å². The minimum atomic E-state index is -0.956. The van der Waals surface area contributed by atoms with Crippen molar-refractivity contribution in [3.63, 3.8) is 0 Å². The van der Waals surface area contributed by atoms with Crippen molar-refractivity contribution in [2.24, 2.45) is 0 Å². The molecule has 1 rings (SSSR count). The Kier molecular flexibility index (Phi) is 4.43. The van der Waals surface area contributed by atoms with E-state index in [1.54, 1.807) is 0 Å². The molecule has 0 radical (unpaired) electrons. The number of carbonyl (C=O) groups is 1. The number of hydrogen-bond acceptors (Lipinski definition) is 3. The predicted octanol–water partition coefficient (Wildman–Crippen LogP) is -1.20. The van der Waals surface area contributed by atoms with Gasteiger partial charge in [-0.05, 0) is 0 Å². The van der Waals surface area contributed by atoms with Crippen LogP contribution in [0.3, 0.4) is 0 Å². The van der Waals surface area contributed by atoms with Gasteiger partial charge in [0.15, 0.2) is 6.10 Å². The molecule has 0 aromatic rings. The van der Waals surface area contributed by atoms with Gasteiger partial charge in [0.25, 0.3) is 0 Å². The molecule has 1 aliphatic heterocycles. The summed E-state index contributed by atoms with van der Waals surface area (Å²) in [7, 11) is 0. The van der Waals surface area contributed by atoms with Crippen molar-refractivity contribution in [3.05, 3.63) is 0 Å². The third kappa shape index (κ3) is 2.64. The van der Waals surface area contributed by atoms with Crippen molar-refractivity contribution in [3.8, 4) is 0 Å². The van der Waals surface area contributed by atoms with Gasteiger partial charge in [-0.3, -0.25) is 0 Å². The van der Waals surface area contributed by atoms with E-state index >= 15 is 0 Å². The first-order valence-electron chi connectivity index (χ1n) is 2.23. The second-order valence-electron chi connectivity index (χ2n) is 1.48. The Bertz CT molecular complexity index is 98.7. The summed E-state index contributed by atoms with van der Waals surface area (Å²) in [5, 5.41) is 8.21.